The van der Waals surface area contributed by atoms with Crippen LogP contribution >= 0.6 is 0 Å². The van der Waals surface area contributed by atoms with E-state index in [2.05, 4.69) is 32.9 Å². The van der Waals surface area contributed by atoms with E-state index in [1.165, 1.54) is 11.1 Å². The van der Waals surface area contributed by atoms with Crippen molar-refractivity contribution in [3.8, 4) is 0 Å². The first-order valence-electron chi connectivity index (χ1n) is 9.30. The summed E-state index contributed by atoms with van der Waals surface area (Å²) >= 11 is 0. The van der Waals surface area contributed by atoms with Crippen molar-refractivity contribution in [3.05, 3.63) is 34.9 Å². The number of ketones is 1. The van der Waals surface area contributed by atoms with E-state index >= 15 is 0 Å². The summed E-state index contributed by atoms with van der Waals surface area (Å²) in [7, 11) is 0. The fourth-order valence-corrected chi connectivity index (χ4v) is 2.46. The van der Waals surface area contributed by atoms with Crippen molar-refractivity contribution in [2.45, 2.75) is 84.5 Å². The Kier molecular flexibility index (Phi) is 12.5. The maximum atomic E-state index is 11.8. The first-order chi connectivity index (χ1) is 12.6. The Hall–Kier alpha value is -1.76. The van der Waals surface area contributed by atoms with Crippen LogP contribution in [0.4, 0.5) is 0 Å². The van der Waals surface area contributed by atoms with Gasteiger partial charge in [-0.15, -0.1) is 0 Å². The van der Waals surface area contributed by atoms with Gasteiger partial charge in [0.15, 0.2) is 11.9 Å². The second-order valence-electron chi connectivity index (χ2n) is 7.18. The van der Waals surface area contributed by atoms with Crippen LogP contribution in [0, 0.1) is 0 Å². The predicted octanol–water partition coefficient (Wildman–Crippen LogP) is 2.92. The van der Waals surface area contributed by atoms with E-state index in [1.54, 1.807) is 0 Å². The van der Waals surface area contributed by atoms with Gasteiger partial charge in [-0.2, -0.15) is 0 Å². The van der Waals surface area contributed by atoms with Crippen LogP contribution in [0.25, 0.3) is 0 Å². The fourth-order valence-electron chi connectivity index (χ4n) is 2.46. The molecule has 0 rings (SSSR count). The van der Waals surface area contributed by atoms with Crippen LogP contribution in [0.3, 0.4) is 0 Å². The molecule has 1 unspecified atom stereocenters. The number of carbonyl (C=O) groups excluding carboxylic acids is 1. The summed E-state index contributed by atoms with van der Waals surface area (Å²) in [4.78, 5) is 22.3. The third-order valence-corrected chi connectivity index (χ3v) is 4.24. The third-order valence-electron chi connectivity index (χ3n) is 4.24. The van der Waals surface area contributed by atoms with Gasteiger partial charge in [0.2, 0.25) is 0 Å². The summed E-state index contributed by atoms with van der Waals surface area (Å²) in [6.07, 6.45) is 4.47. The number of carboxylic acids is 1. The number of hydrogen-bond donors (Lipinski definition) is 4. The molecular formula is C21H34O6. The highest BCUT2D eigenvalue weighted by molar-refractivity contribution is 5.85. The smallest absolute Gasteiger partial charge is 0.335 e. The molecule has 0 saturated heterocycles. The zero-order chi connectivity index (χ0) is 21.0. The second-order valence-corrected chi connectivity index (χ2v) is 7.18. The van der Waals surface area contributed by atoms with Crippen LogP contribution in [-0.4, -0.2) is 50.5 Å². The molecule has 0 bridgehead atoms. The van der Waals surface area contributed by atoms with Gasteiger partial charge in [-0.1, -0.05) is 34.9 Å². The molecule has 6 nitrogen and oxygen atoms in total. The number of aliphatic hydroxyl groups excluding tert-OH is 3. The molecule has 0 aliphatic heterocycles. The molecule has 0 aromatic heterocycles. The van der Waals surface area contributed by atoms with Gasteiger partial charge in [0.1, 0.15) is 12.2 Å². The van der Waals surface area contributed by atoms with Gasteiger partial charge in [0.25, 0.3) is 0 Å². The number of hydrogen-bond acceptors (Lipinski definition) is 5. The normalized spacial score (nSPS) is 15.8. The molecule has 0 aliphatic rings. The van der Waals surface area contributed by atoms with Gasteiger partial charge < -0.3 is 20.4 Å². The van der Waals surface area contributed by atoms with Crippen LogP contribution in [0.2, 0.25) is 0 Å². The maximum Gasteiger partial charge on any atom is 0.335 e. The van der Waals surface area contributed by atoms with Gasteiger partial charge >= 0.3 is 5.97 Å². The largest absolute Gasteiger partial charge is 0.479 e. The second kappa shape index (κ2) is 13.4. The minimum absolute atomic E-state index is 0.0283. The zero-order valence-electron chi connectivity index (χ0n) is 16.8. The van der Waals surface area contributed by atoms with Gasteiger partial charge in [0, 0.05) is 6.42 Å². The minimum Gasteiger partial charge on any atom is -0.479 e. The molecule has 0 aliphatic carbocycles. The lowest BCUT2D eigenvalue weighted by Gasteiger charge is -2.18. The lowest BCUT2D eigenvalue weighted by Crippen LogP contribution is -2.45. The van der Waals surface area contributed by atoms with Crippen molar-refractivity contribution in [1.82, 2.24) is 0 Å². The molecule has 6 heteroatoms. The summed E-state index contributed by atoms with van der Waals surface area (Å²) < 4.78 is 0. The SMILES string of the molecule is CC(C)=CCCC(C)=CCCC(C)=CCCC(=O)C(O)[C@H](O)[C@H](O)C(=O)O. The number of allylic oxidation sites excluding steroid dienone is 6. The van der Waals surface area contributed by atoms with Gasteiger partial charge in [-0.25, -0.2) is 4.79 Å². The average Bonchev–Trinajstić information content (AvgIpc) is 2.59. The highest BCUT2D eigenvalue weighted by Crippen LogP contribution is 2.13. The van der Waals surface area contributed by atoms with Gasteiger partial charge in [-0.05, 0) is 59.8 Å². The van der Waals surface area contributed by atoms with Crippen LogP contribution in [-0.2, 0) is 9.59 Å². The predicted molar refractivity (Wildman–Crippen MR) is 105 cm³/mol. The van der Waals surface area contributed by atoms with Crippen LogP contribution in [0.15, 0.2) is 34.9 Å². The number of aliphatic carboxylic acids is 1. The molecule has 0 saturated carbocycles. The van der Waals surface area contributed by atoms with E-state index in [0.29, 0.717) is 6.42 Å². The van der Waals surface area contributed by atoms with E-state index < -0.39 is 30.1 Å². The summed E-state index contributed by atoms with van der Waals surface area (Å²) in [6, 6.07) is 0. The van der Waals surface area contributed by atoms with Crippen molar-refractivity contribution in [3.63, 3.8) is 0 Å². The first-order valence-corrected chi connectivity index (χ1v) is 9.30. The number of carboxylic acid groups (broad SMARTS) is 1. The molecule has 0 heterocycles. The molecule has 0 amide bonds. The Morgan fingerprint density at radius 2 is 1.19 bits per heavy atom. The summed E-state index contributed by atoms with van der Waals surface area (Å²) in [5.74, 6) is -2.38. The van der Waals surface area contributed by atoms with E-state index in [4.69, 9.17) is 10.2 Å². The molecular weight excluding hydrogens is 348 g/mol. The number of carbonyl (C=O) groups is 2. The molecule has 0 radical (unpaired) electrons. The number of aliphatic hydroxyl groups is 3. The summed E-state index contributed by atoms with van der Waals surface area (Å²) in [5.41, 5.74) is 3.80. The van der Waals surface area contributed by atoms with Crippen molar-refractivity contribution in [1.29, 1.82) is 0 Å². The van der Waals surface area contributed by atoms with E-state index in [0.717, 1.165) is 31.3 Å². The Morgan fingerprint density at radius 3 is 1.63 bits per heavy atom. The molecule has 3 atom stereocenters. The zero-order valence-corrected chi connectivity index (χ0v) is 16.8. The standard InChI is InChI=1S/C21H34O6/c1-14(2)8-5-9-15(3)10-6-11-16(4)12-7-13-17(22)18(23)19(24)20(25)21(26)27/h8,10,12,18-20,23-25H,5-7,9,11,13H2,1-4H3,(H,26,27)/t18?,19-,20-/m0/s1. The number of Topliss-reactive ketones (excluding diaryl/α,β-unsaturated/α-hetero) is 1. The molecule has 0 fully saturated rings. The van der Waals surface area contributed by atoms with E-state index in [9.17, 15) is 19.8 Å². The molecule has 0 aromatic rings. The molecule has 27 heavy (non-hydrogen) atoms. The number of rotatable bonds is 13. The average molecular weight is 382 g/mol. The molecule has 4 N–H and O–H groups in total. The van der Waals surface area contributed by atoms with Gasteiger partial charge in [-0.3, -0.25) is 4.79 Å². The maximum absolute atomic E-state index is 11.8. The van der Waals surface area contributed by atoms with Crippen LogP contribution in [0.1, 0.15) is 66.2 Å². The highest BCUT2D eigenvalue weighted by Gasteiger charge is 2.33. The Labute approximate surface area is 161 Å². The van der Waals surface area contributed by atoms with Crippen LogP contribution in [0.5, 0.6) is 0 Å². The highest BCUT2D eigenvalue weighted by atomic mass is 16.4. The van der Waals surface area contributed by atoms with Gasteiger partial charge in [0.05, 0.1) is 0 Å². The van der Waals surface area contributed by atoms with Crippen molar-refractivity contribution in [2.24, 2.45) is 0 Å². The Balaban J connectivity index is 4.26. The molecule has 0 spiro atoms. The van der Waals surface area contributed by atoms with Crippen molar-refractivity contribution in [2.75, 3.05) is 0 Å². The Bertz CT molecular complexity index is 569. The topological polar surface area (TPSA) is 115 Å². The van der Waals surface area contributed by atoms with Crippen molar-refractivity contribution < 1.29 is 30.0 Å². The quantitative estimate of drug-likeness (QED) is 0.364. The Morgan fingerprint density at radius 1 is 0.741 bits per heavy atom. The fraction of sp³-hybridized carbons (Fsp3) is 0.619. The molecule has 154 valence electrons. The summed E-state index contributed by atoms with van der Waals surface area (Å²) in [6.45, 7) is 8.27. The van der Waals surface area contributed by atoms with E-state index in [-0.39, 0.29) is 6.42 Å². The van der Waals surface area contributed by atoms with E-state index in [1.807, 2.05) is 13.0 Å². The minimum atomic E-state index is -2.19. The monoisotopic (exact) mass is 382 g/mol. The van der Waals surface area contributed by atoms with Crippen molar-refractivity contribution >= 4 is 11.8 Å². The van der Waals surface area contributed by atoms with Crippen LogP contribution < -0.4 is 0 Å². The summed E-state index contributed by atoms with van der Waals surface area (Å²) in [5, 5.41) is 36.8. The third kappa shape index (κ3) is 11.5. The molecule has 0 aromatic carbocycles. The first kappa shape index (κ1) is 25.2. The lowest BCUT2D eigenvalue weighted by molar-refractivity contribution is -0.160. The lowest BCUT2D eigenvalue weighted by atomic mass is 10.00.